The van der Waals surface area contributed by atoms with Crippen molar-refractivity contribution in [1.82, 2.24) is 10.3 Å². The molecule has 0 aliphatic carbocycles. The third-order valence-corrected chi connectivity index (χ3v) is 6.31. The Kier molecular flexibility index (Phi) is 11.2. The number of halogens is 2. The maximum atomic E-state index is 14.2. The van der Waals surface area contributed by atoms with Crippen LogP contribution in [0.5, 0.6) is 23.0 Å². The van der Waals surface area contributed by atoms with Gasteiger partial charge in [0.15, 0.2) is 40.3 Å². The number of rotatable bonds is 13. The van der Waals surface area contributed by atoms with Crippen molar-refractivity contribution < 1.29 is 51.6 Å². The van der Waals surface area contributed by atoms with Gasteiger partial charge in [-0.3, -0.25) is 9.59 Å². The molecule has 0 radical (unpaired) electrons. The number of esters is 2. The number of carbonyl (C=O) groups is 3. The number of hydrogen-bond acceptors (Lipinski definition) is 10. The Morgan fingerprint density at radius 3 is 1.93 bits per heavy atom. The Balaban J connectivity index is 1.84. The number of benzene rings is 2. The number of pyridine rings is 1. The largest absolute Gasteiger partial charge is 0.494 e. The van der Waals surface area contributed by atoms with Crippen molar-refractivity contribution in [2.45, 2.75) is 38.8 Å². The van der Waals surface area contributed by atoms with E-state index in [1.54, 1.807) is 6.92 Å². The highest BCUT2D eigenvalue weighted by Crippen LogP contribution is 2.35. The molecule has 230 valence electrons. The number of amides is 1. The topological polar surface area (TPSA) is 132 Å². The molecule has 0 unspecified atom stereocenters. The van der Waals surface area contributed by atoms with E-state index in [-0.39, 0.29) is 28.7 Å². The first-order chi connectivity index (χ1) is 20.5. The van der Waals surface area contributed by atoms with Gasteiger partial charge >= 0.3 is 11.9 Å². The molecule has 2 aromatic carbocycles. The van der Waals surface area contributed by atoms with E-state index >= 15 is 0 Å². The van der Waals surface area contributed by atoms with Gasteiger partial charge in [-0.05, 0) is 49.2 Å². The molecule has 0 aliphatic heterocycles. The van der Waals surface area contributed by atoms with Crippen LogP contribution >= 0.6 is 0 Å². The smallest absolute Gasteiger partial charge is 0.328 e. The molecular formula is C30H32F2N2O9. The zero-order valence-electron chi connectivity index (χ0n) is 24.4. The summed E-state index contributed by atoms with van der Waals surface area (Å²) in [6.45, 7) is 3.70. The van der Waals surface area contributed by atoms with Crippen LogP contribution in [0.1, 0.15) is 48.3 Å². The first-order valence-electron chi connectivity index (χ1n) is 13.0. The van der Waals surface area contributed by atoms with Crippen molar-refractivity contribution in [3.63, 3.8) is 0 Å². The lowest BCUT2D eigenvalue weighted by Gasteiger charge is -2.27. The van der Waals surface area contributed by atoms with E-state index in [0.717, 1.165) is 0 Å². The molecule has 3 rings (SSSR count). The minimum atomic E-state index is -1.17. The fourth-order valence-corrected chi connectivity index (χ4v) is 4.22. The van der Waals surface area contributed by atoms with E-state index in [9.17, 15) is 23.2 Å². The summed E-state index contributed by atoms with van der Waals surface area (Å²) in [4.78, 5) is 41.4. The number of methoxy groups -OCH3 is 3. The summed E-state index contributed by atoms with van der Waals surface area (Å²) in [5.74, 6) is -4.13. The van der Waals surface area contributed by atoms with Crippen LogP contribution in [-0.4, -0.2) is 63.1 Å². The summed E-state index contributed by atoms with van der Waals surface area (Å²) in [6.07, 6.45) is 0.408. The lowest BCUT2D eigenvalue weighted by atomic mass is 9.86. The SMILES string of the molecule is COc1cc(C(c2ccc(F)c(OC)c2)[C@H](C)OC(=O)[C@H](C)NC(=O)c2nccc(OC)c2OCOC(C)=O)ccc1F. The van der Waals surface area contributed by atoms with Gasteiger partial charge in [-0.25, -0.2) is 18.6 Å². The van der Waals surface area contributed by atoms with Gasteiger partial charge in [0.25, 0.3) is 5.91 Å². The second kappa shape index (κ2) is 14.8. The van der Waals surface area contributed by atoms with E-state index in [1.165, 1.54) is 83.8 Å². The van der Waals surface area contributed by atoms with E-state index in [4.69, 9.17) is 28.4 Å². The molecule has 0 saturated carbocycles. The summed E-state index contributed by atoms with van der Waals surface area (Å²) in [5.41, 5.74) is 0.798. The minimum Gasteiger partial charge on any atom is -0.494 e. The Hall–Kier alpha value is -4.94. The van der Waals surface area contributed by atoms with Crippen molar-refractivity contribution in [2.75, 3.05) is 28.1 Å². The molecule has 43 heavy (non-hydrogen) atoms. The fourth-order valence-electron chi connectivity index (χ4n) is 4.22. The van der Waals surface area contributed by atoms with Crippen LogP contribution in [-0.2, 0) is 19.1 Å². The van der Waals surface area contributed by atoms with Gasteiger partial charge in [0.2, 0.25) is 6.79 Å². The minimum absolute atomic E-state index is 0.0340. The van der Waals surface area contributed by atoms with Crippen LogP contribution in [0.2, 0.25) is 0 Å². The molecule has 1 amide bonds. The van der Waals surface area contributed by atoms with Gasteiger partial charge in [0.1, 0.15) is 12.1 Å². The van der Waals surface area contributed by atoms with Crippen LogP contribution in [0.25, 0.3) is 0 Å². The first-order valence-corrected chi connectivity index (χ1v) is 13.0. The van der Waals surface area contributed by atoms with Crippen LogP contribution in [0.3, 0.4) is 0 Å². The molecule has 11 nitrogen and oxygen atoms in total. The van der Waals surface area contributed by atoms with Crippen molar-refractivity contribution in [2.24, 2.45) is 0 Å². The number of nitrogens with one attached hydrogen (secondary N) is 1. The Morgan fingerprint density at radius 1 is 0.860 bits per heavy atom. The van der Waals surface area contributed by atoms with E-state index in [1.807, 2.05) is 0 Å². The number of ether oxygens (including phenoxy) is 6. The van der Waals surface area contributed by atoms with Gasteiger partial charge in [-0.15, -0.1) is 0 Å². The summed E-state index contributed by atoms with van der Waals surface area (Å²) >= 11 is 0. The Bertz CT molecular complexity index is 1410. The zero-order valence-corrected chi connectivity index (χ0v) is 24.4. The normalized spacial score (nSPS) is 12.1. The molecule has 1 N–H and O–H groups in total. The second-order valence-corrected chi connectivity index (χ2v) is 9.19. The summed E-state index contributed by atoms with van der Waals surface area (Å²) in [6, 6.07) is 8.60. The summed E-state index contributed by atoms with van der Waals surface area (Å²) in [7, 11) is 3.98. The van der Waals surface area contributed by atoms with Gasteiger partial charge in [0.05, 0.1) is 21.3 Å². The molecule has 1 heterocycles. The van der Waals surface area contributed by atoms with Crippen LogP contribution < -0.4 is 24.3 Å². The van der Waals surface area contributed by atoms with Gasteiger partial charge < -0.3 is 33.7 Å². The first kappa shape index (κ1) is 32.6. The predicted molar refractivity (Wildman–Crippen MR) is 148 cm³/mol. The van der Waals surface area contributed by atoms with Crippen LogP contribution in [0.15, 0.2) is 48.7 Å². The van der Waals surface area contributed by atoms with Crippen LogP contribution in [0, 0.1) is 11.6 Å². The maximum absolute atomic E-state index is 14.2. The number of aromatic nitrogens is 1. The molecule has 0 fully saturated rings. The number of nitrogens with zero attached hydrogens (tertiary/aromatic N) is 1. The summed E-state index contributed by atoms with van der Waals surface area (Å²) < 4.78 is 59.8. The predicted octanol–water partition coefficient (Wildman–Crippen LogP) is 4.17. The fraction of sp³-hybridized carbons (Fsp3) is 0.333. The number of carbonyl (C=O) groups excluding carboxylic acids is 3. The van der Waals surface area contributed by atoms with Crippen molar-refractivity contribution in [3.05, 3.63) is 77.1 Å². The van der Waals surface area contributed by atoms with E-state index in [2.05, 4.69) is 10.3 Å². The zero-order chi connectivity index (χ0) is 31.7. The molecule has 1 aromatic heterocycles. The van der Waals surface area contributed by atoms with Crippen molar-refractivity contribution in [3.8, 4) is 23.0 Å². The lowest BCUT2D eigenvalue weighted by molar-refractivity contribution is -0.151. The molecular weight excluding hydrogens is 570 g/mol. The Morgan fingerprint density at radius 2 is 1.42 bits per heavy atom. The highest BCUT2D eigenvalue weighted by Gasteiger charge is 2.30. The molecule has 0 saturated heterocycles. The molecule has 3 aromatic rings. The second-order valence-electron chi connectivity index (χ2n) is 9.19. The number of hydrogen-bond donors (Lipinski definition) is 1. The molecule has 2 atom stereocenters. The van der Waals surface area contributed by atoms with Crippen molar-refractivity contribution >= 4 is 17.8 Å². The van der Waals surface area contributed by atoms with Gasteiger partial charge in [-0.2, -0.15) is 0 Å². The average molecular weight is 603 g/mol. The summed E-state index contributed by atoms with van der Waals surface area (Å²) in [5, 5.41) is 2.50. The molecule has 0 aliphatic rings. The van der Waals surface area contributed by atoms with Crippen molar-refractivity contribution in [1.29, 1.82) is 0 Å². The third-order valence-electron chi connectivity index (χ3n) is 6.31. The van der Waals surface area contributed by atoms with Crippen LogP contribution in [0.4, 0.5) is 8.78 Å². The van der Waals surface area contributed by atoms with E-state index < -0.39 is 54.3 Å². The highest BCUT2D eigenvalue weighted by atomic mass is 19.1. The van der Waals surface area contributed by atoms with E-state index in [0.29, 0.717) is 11.1 Å². The standard InChI is InChI=1S/C30H32F2N2O9/c1-16(34-29(36)27-28(42-15-41-18(3)35)23(38-4)11-12-33-27)30(37)43-17(2)26(19-7-9-21(31)24(13-19)39-5)20-8-10-22(32)25(14-20)40-6/h7-14,16-17,26H,15H2,1-6H3,(H,34,36)/t16-,17-/m0/s1. The Labute approximate surface area is 247 Å². The lowest BCUT2D eigenvalue weighted by Crippen LogP contribution is -2.41. The molecule has 0 bridgehead atoms. The monoisotopic (exact) mass is 602 g/mol. The third kappa shape index (κ3) is 8.09. The maximum Gasteiger partial charge on any atom is 0.328 e. The average Bonchev–Trinajstić information content (AvgIpc) is 2.98. The molecule has 13 heteroatoms. The highest BCUT2D eigenvalue weighted by molar-refractivity contribution is 5.98. The quantitative estimate of drug-likeness (QED) is 0.225. The molecule has 0 spiro atoms. The van der Waals surface area contributed by atoms with Gasteiger partial charge in [-0.1, -0.05) is 12.1 Å². The van der Waals surface area contributed by atoms with Gasteiger partial charge in [0, 0.05) is 25.1 Å².